The van der Waals surface area contributed by atoms with Gasteiger partial charge in [0.2, 0.25) is 0 Å². The van der Waals surface area contributed by atoms with Crippen molar-refractivity contribution in [3.63, 3.8) is 0 Å². The van der Waals surface area contributed by atoms with Gasteiger partial charge >= 0.3 is 0 Å². The highest BCUT2D eigenvalue weighted by Crippen LogP contribution is 2.17. The Hall–Kier alpha value is -1.41. The molecule has 0 aliphatic carbocycles. The lowest BCUT2D eigenvalue weighted by molar-refractivity contribution is 0.112. The highest BCUT2D eigenvalue weighted by Gasteiger charge is 1.97. The van der Waals surface area contributed by atoms with Crippen LogP contribution in [0.1, 0.15) is 24.2 Å². The average Bonchev–Trinajstić information content (AvgIpc) is 2.30. The molecule has 0 spiro atoms. The fraction of sp³-hybridized carbons (Fsp3) is 0.167. The van der Waals surface area contributed by atoms with E-state index in [1.54, 1.807) is 24.4 Å². The molecule has 0 saturated carbocycles. The van der Waals surface area contributed by atoms with E-state index in [9.17, 15) is 4.79 Å². The van der Waals surface area contributed by atoms with Crippen molar-refractivity contribution < 1.29 is 4.79 Å². The van der Waals surface area contributed by atoms with Crippen molar-refractivity contribution in [1.29, 1.82) is 0 Å². The predicted molar refractivity (Wildman–Crippen MR) is 63.5 cm³/mol. The first-order valence-corrected chi connectivity index (χ1v) is 5.18. The van der Waals surface area contributed by atoms with Crippen LogP contribution in [-0.2, 0) is 0 Å². The topological polar surface area (TPSA) is 30.0 Å². The van der Waals surface area contributed by atoms with E-state index < -0.39 is 0 Å². The number of halogens is 1. The molecule has 3 heteroatoms. The van der Waals surface area contributed by atoms with E-state index in [2.05, 4.69) is 4.98 Å². The van der Waals surface area contributed by atoms with Gasteiger partial charge in [-0.15, -0.1) is 0 Å². The van der Waals surface area contributed by atoms with E-state index in [4.69, 9.17) is 11.6 Å². The van der Waals surface area contributed by atoms with Crippen molar-refractivity contribution in [2.24, 2.45) is 0 Å². The molecular weight excluding hydrogens is 210 g/mol. The summed E-state index contributed by atoms with van der Waals surface area (Å²) in [6.07, 6.45) is 2.32. The van der Waals surface area contributed by atoms with Crippen molar-refractivity contribution in [3.8, 4) is 0 Å². The van der Waals surface area contributed by atoms with Gasteiger partial charge in [0.1, 0.15) is 0 Å². The number of carbonyl (C=O) groups excluding carboxylic acids is 1. The van der Waals surface area contributed by atoms with Gasteiger partial charge in [-0.05, 0) is 24.3 Å². The van der Waals surface area contributed by atoms with Gasteiger partial charge in [0, 0.05) is 22.2 Å². The second kappa shape index (κ2) is 5.47. The van der Waals surface area contributed by atoms with Crippen LogP contribution in [0.15, 0.2) is 30.5 Å². The normalized spacial score (nSPS) is 9.27. The van der Waals surface area contributed by atoms with Crippen LogP contribution in [0.4, 0.5) is 0 Å². The Labute approximate surface area is 93.9 Å². The zero-order valence-electron chi connectivity index (χ0n) is 8.70. The maximum absolute atomic E-state index is 10.5. The Morgan fingerprint density at radius 3 is 2.67 bits per heavy atom. The maximum atomic E-state index is 10.5. The summed E-state index contributed by atoms with van der Waals surface area (Å²) < 4.78 is 0. The molecule has 2 rings (SSSR count). The molecule has 2 aromatic rings. The number of nitrogens with zero attached hydrogens (tertiary/aromatic N) is 1. The molecule has 15 heavy (non-hydrogen) atoms. The molecule has 78 valence electrons. The SMILES string of the molecule is CC.O=Cc1cnc2ccc(Cl)cc2c1. The molecule has 1 heterocycles. The van der Waals surface area contributed by atoms with Crippen LogP contribution in [0.3, 0.4) is 0 Å². The lowest BCUT2D eigenvalue weighted by Crippen LogP contribution is -1.83. The lowest BCUT2D eigenvalue weighted by Gasteiger charge is -1.97. The summed E-state index contributed by atoms with van der Waals surface area (Å²) in [4.78, 5) is 14.6. The zero-order valence-corrected chi connectivity index (χ0v) is 9.45. The number of rotatable bonds is 1. The summed E-state index contributed by atoms with van der Waals surface area (Å²) in [6, 6.07) is 7.15. The molecule has 0 amide bonds. The van der Waals surface area contributed by atoms with Crippen molar-refractivity contribution in [2.75, 3.05) is 0 Å². The van der Waals surface area contributed by atoms with Crippen LogP contribution in [0, 0.1) is 0 Å². The van der Waals surface area contributed by atoms with Gasteiger partial charge < -0.3 is 0 Å². The lowest BCUT2D eigenvalue weighted by atomic mass is 10.2. The highest BCUT2D eigenvalue weighted by molar-refractivity contribution is 6.31. The molecule has 0 radical (unpaired) electrons. The Bertz CT molecular complexity index is 468. The molecule has 1 aromatic heterocycles. The average molecular weight is 222 g/mol. The Morgan fingerprint density at radius 2 is 2.00 bits per heavy atom. The van der Waals surface area contributed by atoms with E-state index in [1.807, 2.05) is 19.9 Å². The minimum absolute atomic E-state index is 0.565. The monoisotopic (exact) mass is 221 g/mol. The molecule has 0 unspecified atom stereocenters. The summed E-state index contributed by atoms with van der Waals surface area (Å²) in [7, 11) is 0. The summed E-state index contributed by atoms with van der Waals surface area (Å²) in [5.41, 5.74) is 1.41. The summed E-state index contributed by atoms with van der Waals surface area (Å²) in [6.45, 7) is 4.00. The van der Waals surface area contributed by atoms with Crippen LogP contribution in [0.5, 0.6) is 0 Å². The van der Waals surface area contributed by atoms with Crippen molar-refractivity contribution in [3.05, 3.63) is 41.0 Å². The predicted octanol–water partition coefficient (Wildman–Crippen LogP) is 3.73. The van der Waals surface area contributed by atoms with E-state index in [0.29, 0.717) is 10.6 Å². The van der Waals surface area contributed by atoms with Gasteiger partial charge in [-0.3, -0.25) is 9.78 Å². The standard InChI is InChI=1S/C10H6ClNO.C2H6/c11-9-1-2-10-8(4-9)3-7(6-13)5-12-10;1-2/h1-6H;1-2H3. The Balaban J connectivity index is 0.000000531. The fourth-order valence-corrected chi connectivity index (χ4v) is 1.36. The zero-order chi connectivity index (χ0) is 11.3. The first kappa shape index (κ1) is 11.7. The fourth-order valence-electron chi connectivity index (χ4n) is 1.18. The van der Waals surface area contributed by atoms with Crippen molar-refractivity contribution >= 4 is 28.8 Å². The molecule has 0 saturated heterocycles. The first-order chi connectivity index (χ1) is 7.29. The summed E-state index contributed by atoms with van der Waals surface area (Å²) in [5.74, 6) is 0. The minimum Gasteiger partial charge on any atom is -0.298 e. The van der Waals surface area contributed by atoms with E-state index >= 15 is 0 Å². The van der Waals surface area contributed by atoms with Gasteiger partial charge in [-0.1, -0.05) is 25.4 Å². The van der Waals surface area contributed by atoms with Gasteiger partial charge in [0.15, 0.2) is 6.29 Å². The number of carbonyl (C=O) groups is 1. The molecule has 0 aliphatic rings. The number of pyridine rings is 1. The quantitative estimate of drug-likeness (QED) is 0.687. The molecule has 0 fully saturated rings. The van der Waals surface area contributed by atoms with E-state index in [1.165, 1.54) is 0 Å². The number of benzene rings is 1. The maximum Gasteiger partial charge on any atom is 0.151 e. The number of hydrogen-bond acceptors (Lipinski definition) is 2. The largest absolute Gasteiger partial charge is 0.298 e. The molecule has 1 aromatic carbocycles. The first-order valence-electron chi connectivity index (χ1n) is 4.80. The van der Waals surface area contributed by atoms with Crippen LogP contribution in [0.25, 0.3) is 10.9 Å². The molecule has 2 nitrogen and oxygen atoms in total. The molecular formula is C12H12ClNO. The van der Waals surface area contributed by atoms with Gasteiger partial charge in [0.05, 0.1) is 5.52 Å². The third-order valence-electron chi connectivity index (χ3n) is 1.80. The van der Waals surface area contributed by atoms with Gasteiger partial charge in [-0.2, -0.15) is 0 Å². The van der Waals surface area contributed by atoms with Gasteiger partial charge in [0.25, 0.3) is 0 Å². The van der Waals surface area contributed by atoms with Crippen LogP contribution in [-0.4, -0.2) is 11.3 Å². The van der Waals surface area contributed by atoms with Crippen molar-refractivity contribution in [2.45, 2.75) is 13.8 Å². The number of fused-ring (bicyclic) bond motifs is 1. The molecule has 0 bridgehead atoms. The third-order valence-corrected chi connectivity index (χ3v) is 2.04. The molecule has 0 N–H and O–H groups in total. The Morgan fingerprint density at radius 1 is 1.27 bits per heavy atom. The smallest absolute Gasteiger partial charge is 0.151 e. The van der Waals surface area contributed by atoms with Gasteiger partial charge in [-0.25, -0.2) is 0 Å². The number of hydrogen-bond donors (Lipinski definition) is 0. The number of aldehydes is 1. The van der Waals surface area contributed by atoms with Crippen LogP contribution in [0.2, 0.25) is 5.02 Å². The second-order valence-electron chi connectivity index (χ2n) is 2.72. The Kier molecular flexibility index (Phi) is 4.25. The molecule has 0 atom stereocenters. The van der Waals surface area contributed by atoms with Crippen molar-refractivity contribution in [1.82, 2.24) is 4.98 Å². The minimum atomic E-state index is 0.565. The third kappa shape index (κ3) is 2.77. The van der Waals surface area contributed by atoms with Crippen LogP contribution >= 0.6 is 11.6 Å². The summed E-state index contributed by atoms with van der Waals surface area (Å²) in [5, 5.41) is 1.54. The van der Waals surface area contributed by atoms with E-state index in [-0.39, 0.29) is 0 Å². The molecule has 0 aliphatic heterocycles. The number of aromatic nitrogens is 1. The summed E-state index contributed by atoms with van der Waals surface area (Å²) >= 11 is 5.80. The van der Waals surface area contributed by atoms with E-state index in [0.717, 1.165) is 17.2 Å². The highest BCUT2D eigenvalue weighted by atomic mass is 35.5. The second-order valence-corrected chi connectivity index (χ2v) is 3.16. The van der Waals surface area contributed by atoms with Crippen LogP contribution < -0.4 is 0 Å².